The summed E-state index contributed by atoms with van der Waals surface area (Å²) in [6, 6.07) is 7.58. The van der Waals surface area contributed by atoms with Crippen LogP contribution in [-0.4, -0.2) is 74.2 Å². The first kappa shape index (κ1) is 20.8. The van der Waals surface area contributed by atoms with Gasteiger partial charge in [-0.05, 0) is 24.6 Å². The molecule has 0 radical (unpaired) electrons. The molecule has 2 aromatic rings. The van der Waals surface area contributed by atoms with E-state index in [1.54, 1.807) is 10.9 Å². The molecule has 2 unspecified atom stereocenters. The van der Waals surface area contributed by atoms with Crippen molar-refractivity contribution in [2.45, 2.75) is 50.3 Å². The molecule has 0 bridgehead atoms. The lowest BCUT2D eigenvalue weighted by Gasteiger charge is -2.47. The molecule has 1 aliphatic rings. The zero-order valence-corrected chi connectivity index (χ0v) is 15.8. The van der Waals surface area contributed by atoms with Gasteiger partial charge in [-0.3, -0.25) is 0 Å². The number of methoxy groups -OCH3 is 1. The van der Waals surface area contributed by atoms with Gasteiger partial charge in [0.05, 0.1) is 25.1 Å². The van der Waals surface area contributed by atoms with Gasteiger partial charge in [0, 0.05) is 13.7 Å². The Morgan fingerprint density at radius 1 is 1.32 bits per heavy atom. The van der Waals surface area contributed by atoms with Crippen LogP contribution < -0.4 is 5.73 Å². The molecular formula is C18H26N4O6. The number of ether oxygens (including phenoxy) is 3. The molecular weight excluding hydrogens is 368 g/mol. The molecule has 5 atom stereocenters. The Morgan fingerprint density at radius 3 is 2.64 bits per heavy atom. The van der Waals surface area contributed by atoms with E-state index < -0.39 is 36.8 Å². The van der Waals surface area contributed by atoms with E-state index in [4.69, 9.17) is 19.9 Å². The minimum absolute atomic E-state index is 0.0132. The fourth-order valence-electron chi connectivity index (χ4n) is 3.24. The van der Waals surface area contributed by atoms with Crippen molar-refractivity contribution in [2.24, 2.45) is 5.73 Å². The van der Waals surface area contributed by atoms with E-state index in [1.165, 1.54) is 14.0 Å². The number of nitrogens with zero attached hydrogens (tertiary/aromatic N) is 3. The summed E-state index contributed by atoms with van der Waals surface area (Å²) in [5, 5.41) is 38.5. The Hall–Kier alpha value is -1.92. The van der Waals surface area contributed by atoms with Crippen molar-refractivity contribution in [3.8, 4) is 5.69 Å². The van der Waals surface area contributed by atoms with Gasteiger partial charge in [-0.15, -0.1) is 5.10 Å². The normalized spacial score (nSPS) is 30.5. The average molecular weight is 394 g/mol. The van der Waals surface area contributed by atoms with Crippen LogP contribution in [0.15, 0.2) is 30.5 Å². The van der Waals surface area contributed by atoms with Crippen LogP contribution in [0.1, 0.15) is 18.2 Å². The lowest BCUT2D eigenvalue weighted by molar-refractivity contribution is -0.333. The first-order chi connectivity index (χ1) is 13.4. The van der Waals surface area contributed by atoms with Crippen molar-refractivity contribution in [3.05, 3.63) is 41.7 Å². The maximum atomic E-state index is 10.5. The quantitative estimate of drug-likeness (QED) is 0.469. The van der Waals surface area contributed by atoms with Gasteiger partial charge in [-0.25, -0.2) is 4.68 Å². The largest absolute Gasteiger partial charge is 0.394 e. The molecule has 0 saturated carbocycles. The van der Waals surface area contributed by atoms with E-state index >= 15 is 0 Å². The van der Waals surface area contributed by atoms with Gasteiger partial charge >= 0.3 is 0 Å². The van der Waals surface area contributed by atoms with E-state index in [1.807, 2.05) is 24.3 Å². The number of rotatable bonds is 7. The van der Waals surface area contributed by atoms with Crippen LogP contribution in [0.3, 0.4) is 0 Å². The second-order valence-electron chi connectivity index (χ2n) is 6.88. The van der Waals surface area contributed by atoms with Crippen LogP contribution in [0.2, 0.25) is 0 Å². The van der Waals surface area contributed by atoms with Crippen LogP contribution in [0.5, 0.6) is 0 Å². The van der Waals surface area contributed by atoms with Gasteiger partial charge in [0.15, 0.2) is 6.29 Å². The molecule has 1 aromatic heterocycles. The zero-order valence-electron chi connectivity index (χ0n) is 15.8. The summed E-state index contributed by atoms with van der Waals surface area (Å²) < 4.78 is 17.9. The molecule has 10 nitrogen and oxygen atoms in total. The average Bonchev–Trinajstić information content (AvgIpc) is 3.16. The van der Waals surface area contributed by atoms with Gasteiger partial charge in [-0.2, -0.15) is 0 Å². The fraction of sp³-hybridized carbons (Fsp3) is 0.556. The molecule has 0 spiro atoms. The first-order valence-electron chi connectivity index (χ1n) is 8.92. The fourth-order valence-corrected chi connectivity index (χ4v) is 3.24. The van der Waals surface area contributed by atoms with Crippen LogP contribution in [0, 0.1) is 0 Å². The van der Waals surface area contributed by atoms with E-state index in [9.17, 15) is 15.3 Å². The van der Waals surface area contributed by atoms with Gasteiger partial charge < -0.3 is 35.3 Å². The van der Waals surface area contributed by atoms with Crippen LogP contribution in [0.25, 0.3) is 5.69 Å². The molecule has 3 rings (SSSR count). The maximum absolute atomic E-state index is 10.5. The standard InChI is InChI=1S/C18H26N4O6/c1-18(25)14(9-23)28-17(15(24)16(18)26-2)27-10-12-8-22(21-20-12)13-5-3-11(7-19)4-6-13/h3-6,8,14-17,23-25H,7,9-10,19H2,1-2H3/t14-,15?,16?,17-,18-/m1/s1. The van der Waals surface area contributed by atoms with E-state index in [2.05, 4.69) is 10.3 Å². The number of aromatic nitrogens is 3. The predicted molar refractivity (Wildman–Crippen MR) is 97.2 cm³/mol. The monoisotopic (exact) mass is 394 g/mol. The summed E-state index contributed by atoms with van der Waals surface area (Å²) >= 11 is 0. The summed E-state index contributed by atoms with van der Waals surface area (Å²) in [5.41, 5.74) is 6.38. The van der Waals surface area contributed by atoms with Gasteiger partial charge in [0.25, 0.3) is 0 Å². The van der Waals surface area contributed by atoms with Crippen molar-refractivity contribution < 1.29 is 29.5 Å². The Balaban J connectivity index is 1.66. The van der Waals surface area contributed by atoms with Crippen molar-refractivity contribution in [2.75, 3.05) is 13.7 Å². The highest BCUT2D eigenvalue weighted by molar-refractivity contribution is 5.33. The minimum atomic E-state index is -1.57. The van der Waals surface area contributed by atoms with Crippen LogP contribution >= 0.6 is 0 Å². The maximum Gasteiger partial charge on any atom is 0.187 e. The van der Waals surface area contributed by atoms with Gasteiger partial charge in [-0.1, -0.05) is 17.3 Å². The Kier molecular flexibility index (Phi) is 6.40. The molecule has 0 amide bonds. The third-order valence-electron chi connectivity index (χ3n) is 4.91. The number of benzene rings is 1. The third kappa shape index (κ3) is 4.08. The highest BCUT2D eigenvalue weighted by Crippen LogP contribution is 2.32. The third-order valence-corrected chi connectivity index (χ3v) is 4.91. The zero-order chi connectivity index (χ0) is 20.3. The number of aliphatic hydroxyl groups is 3. The lowest BCUT2D eigenvalue weighted by Crippen LogP contribution is -2.66. The topological polar surface area (TPSA) is 145 Å². The predicted octanol–water partition coefficient (Wildman–Crippen LogP) is -0.913. The number of nitrogens with two attached hydrogens (primary N) is 1. The summed E-state index contributed by atoms with van der Waals surface area (Å²) in [6.45, 7) is 1.46. The molecule has 154 valence electrons. The van der Waals surface area contributed by atoms with Gasteiger partial charge in [0.2, 0.25) is 0 Å². The minimum Gasteiger partial charge on any atom is -0.394 e. The summed E-state index contributed by atoms with van der Waals surface area (Å²) in [6.07, 6.45) is -2.61. The van der Waals surface area contributed by atoms with E-state index in [-0.39, 0.29) is 6.61 Å². The Morgan fingerprint density at radius 2 is 2.04 bits per heavy atom. The number of hydrogen-bond acceptors (Lipinski definition) is 9. The number of hydrogen-bond donors (Lipinski definition) is 4. The van der Waals surface area contributed by atoms with Crippen LogP contribution in [0.4, 0.5) is 0 Å². The van der Waals surface area contributed by atoms with E-state index in [0.29, 0.717) is 12.2 Å². The smallest absolute Gasteiger partial charge is 0.187 e. The summed E-state index contributed by atoms with van der Waals surface area (Å²) in [4.78, 5) is 0. The van der Waals surface area contributed by atoms with E-state index in [0.717, 1.165) is 11.3 Å². The molecule has 1 aromatic carbocycles. The second-order valence-corrected chi connectivity index (χ2v) is 6.88. The van der Waals surface area contributed by atoms with Crippen molar-refractivity contribution in [3.63, 3.8) is 0 Å². The molecule has 28 heavy (non-hydrogen) atoms. The molecule has 0 aliphatic carbocycles. The van der Waals surface area contributed by atoms with Gasteiger partial charge in [0.1, 0.15) is 29.6 Å². The molecule has 10 heteroatoms. The summed E-state index contributed by atoms with van der Waals surface area (Å²) in [5.74, 6) is 0. The first-order valence-corrected chi connectivity index (χ1v) is 8.92. The highest BCUT2D eigenvalue weighted by Gasteiger charge is 2.53. The molecule has 1 aliphatic heterocycles. The van der Waals surface area contributed by atoms with Crippen molar-refractivity contribution in [1.82, 2.24) is 15.0 Å². The molecule has 5 N–H and O–H groups in total. The van der Waals surface area contributed by atoms with Crippen LogP contribution in [-0.2, 0) is 27.4 Å². The lowest BCUT2D eigenvalue weighted by atomic mass is 9.86. The molecule has 1 fully saturated rings. The SMILES string of the molecule is COC1C(O)[C@H](OCc2cn(-c3ccc(CN)cc3)nn2)O[C@H](CO)[C@@]1(C)O. The Bertz CT molecular complexity index is 766. The molecule has 1 saturated heterocycles. The van der Waals surface area contributed by atoms with Crippen molar-refractivity contribution >= 4 is 0 Å². The number of aliphatic hydroxyl groups excluding tert-OH is 2. The molecule has 2 heterocycles. The second kappa shape index (κ2) is 8.62. The van der Waals surface area contributed by atoms with Crippen molar-refractivity contribution in [1.29, 1.82) is 0 Å². The highest BCUT2D eigenvalue weighted by atomic mass is 16.7. The summed E-state index contributed by atoms with van der Waals surface area (Å²) in [7, 11) is 1.36. The Labute approximate surface area is 162 Å².